The fraction of sp³-hybridized carbons (Fsp3) is 0.600. The zero-order chi connectivity index (χ0) is 14.3. The van der Waals surface area contributed by atoms with Crippen LogP contribution < -0.4 is 0 Å². The third-order valence-corrected chi connectivity index (χ3v) is 3.22. The van der Waals surface area contributed by atoms with Crippen molar-refractivity contribution in [2.24, 2.45) is 0 Å². The van der Waals surface area contributed by atoms with E-state index in [-0.39, 0.29) is 6.04 Å². The summed E-state index contributed by atoms with van der Waals surface area (Å²) in [6.45, 7) is 6.99. The molecule has 4 heteroatoms. The number of hydrogen-bond acceptors (Lipinski definition) is 4. The van der Waals surface area contributed by atoms with Gasteiger partial charge in [0, 0.05) is 38.9 Å². The molecule has 19 heavy (non-hydrogen) atoms. The van der Waals surface area contributed by atoms with E-state index in [1.807, 2.05) is 19.1 Å². The third-order valence-electron chi connectivity index (χ3n) is 3.22. The SMILES string of the molecule is COCCN(Cc1cc(C)ccc1O)C(C)COC. The van der Waals surface area contributed by atoms with Gasteiger partial charge in [0.25, 0.3) is 0 Å². The maximum absolute atomic E-state index is 9.93. The monoisotopic (exact) mass is 267 g/mol. The Bertz CT molecular complexity index is 382. The minimum Gasteiger partial charge on any atom is -0.508 e. The Balaban J connectivity index is 2.77. The molecule has 1 atom stereocenters. The minimum absolute atomic E-state index is 0.278. The molecule has 0 aliphatic rings. The summed E-state index contributed by atoms with van der Waals surface area (Å²) >= 11 is 0. The van der Waals surface area contributed by atoms with Crippen LogP contribution in [0, 0.1) is 6.92 Å². The quantitative estimate of drug-likeness (QED) is 0.784. The first-order valence-corrected chi connectivity index (χ1v) is 6.59. The van der Waals surface area contributed by atoms with Crippen LogP contribution in [0.15, 0.2) is 18.2 Å². The Hall–Kier alpha value is -1.10. The van der Waals surface area contributed by atoms with E-state index in [9.17, 15) is 5.11 Å². The van der Waals surface area contributed by atoms with Gasteiger partial charge in [-0.15, -0.1) is 0 Å². The third kappa shape index (κ3) is 5.19. The van der Waals surface area contributed by atoms with Gasteiger partial charge in [0.05, 0.1) is 13.2 Å². The number of rotatable bonds is 8. The molecule has 1 rings (SSSR count). The van der Waals surface area contributed by atoms with E-state index >= 15 is 0 Å². The molecule has 1 aromatic carbocycles. The van der Waals surface area contributed by atoms with Crippen LogP contribution in [0.1, 0.15) is 18.1 Å². The molecule has 1 aromatic rings. The summed E-state index contributed by atoms with van der Waals surface area (Å²) in [7, 11) is 3.40. The van der Waals surface area contributed by atoms with Crippen molar-refractivity contribution < 1.29 is 14.6 Å². The lowest BCUT2D eigenvalue weighted by Gasteiger charge is -2.28. The average molecular weight is 267 g/mol. The van der Waals surface area contributed by atoms with Gasteiger partial charge in [-0.1, -0.05) is 17.7 Å². The van der Waals surface area contributed by atoms with Crippen LogP contribution in [-0.2, 0) is 16.0 Å². The number of aromatic hydroxyl groups is 1. The lowest BCUT2D eigenvalue weighted by molar-refractivity contribution is 0.0700. The molecule has 1 unspecified atom stereocenters. The van der Waals surface area contributed by atoms with Gasteiger partial charge in [0.1, 0.15) is 5.75 Å². The summed E-state index contributed by atoms with van der Waals surface area (Å²) in [5.41, 5.74) is 2.10. The fourth-order valence-electron chi connectivity index (χ4n) is 2.07. The number of hydrogen-bond donors (Lipinski definition) is 1. The number of benzene rings is 1. The van der Waals surface area contributed by atoms with Crippen molar-refractivity contribution in [3.05, 3.63) is 29.3 Å². The van der Waals surface area contributed by atoms with E-state index < -0.39 is 0 Å². The molecule has 0 saturated heterocycles. The van der Waals surface area contributed by atoms with E-state index in [0.717, 1.165) is 17.7 Å². The number of ether oxygens (including phenoxy) is 2. The molecule has 108 valence electrons. The fourth-order valence-corrected chi connectivity index (χ4v) is 2.07. The number of methoxy groups -OCH3 is 2. The van der Waals surface area contributed by atoms with Crippen molar-refractivity contribution in [1.82, 2.24) is 4.90 Å². The summed E-state index contributed by atoms with van der Waals surface area (Å²) < 4.78 is 10.4. The molecular formula is C15H25NO3. The van der Waals surface area contributed by atoms with Crippen molar-refractivity contribution in [3.8, 4) is 5.75 Å². The maximum Gasteiger partial charge on any atom is 0.120 e. The van der Waals surface area contributed by atoms with E-state index in [2.05, 4.69) is 11.8 Å². The number of phenolic OH excluding ortho intramolecular Hbond substituents is 1. The first-order chi connectivity index (χ1) is 9.08. The highest BCUT2D eigenvalue weighted by Gasteiger charge is 2.15. The van der Waals surface area contributed by atoms with Crippen LogP contribution in [0.5, 0.6) is 5.75 Å². The lowest BCUT2D eigenvalue weighted by Crippen LogP contribution is -2.38. The summed E-state index contributed by atoms with van der Waals surface area (Å²) in [6, 6.07) is 5.96. The van der Waals surface area contributed by atoms with Crippen LogP contribution in [-0.4, -0.2) is 50.0 Å². The number of phenols is 1. The summed E-state index contributed by atoms with van der Waals surface area (Å²) in [5.74, 6) is 0.345. The summed E-state index contributed by atoms with van der Waals surface area (Å²) in [4.78, 5) is 2.25. The molecule has 0 heterocycles. The van der Waals surface area contributed by atoms with Gasteiger partial charge >= 0.3 is 0 Å². The van der Waals surface area contributed by atoms with Crippen molar-refractivity contribution >= 4 is 0 Å². The van der Waals surface area contributed by atoms with Gasteiger partial charge in [-0.25, -0.2) is 0 Å². The second kappa shape index (κ2) is 8.15. The van der Waals surface area contributed by atoms with E-state index in [1.54, 1.807) is 20.3 Å². The first-order valence-electron chi connectivity index (χ1n) is 6.59. The van der Waals surface area contributed by atoms with Crippen molar-refractivity contribution in [2.75, 3.05) is 34.0 Å². The average Bonchev–Trinajstić information content (AvgIpc) is 2.38. The molecule has 0 fully saturated rings. The first kappa shape index (κ1) is 16.0. The zero-order valence-electron chi connectivity index (χ0n) is 12.3. The van der Waals surface area contributed by atoms with Gasteiger partial charge in [0.2, 0.25) is 0 Å². The molecule has 4 nitrogen and oxygen atoms in total. The molecule has 0 spiro atoms. The maximum atomic E-state index is 9.93. The molecule has 0 aromatic heterocycles. The highest BCUT2D eigenvalue weighted by atomic mass is 16.5. The normalized spacial score (nSPS) is 12.9. The van der Waals surface area contributed by atoms with Gasteiger partial charge in [0.15, 0.2) is 0 Å². The molecule has 0 amide bonds. The Kier molecular flexibility index (Phi) is 6.84. The van der Waals surface area contributed by atoms with Crippen LogP contribution in [0.25, 0.3) is 0 Å². The number of aryl methyl sites for hydroxylation is 1. The van der Waals surface area contributed by atoms with Gasteiger partial charge in [-0.2, -0.15) is 0 Å². The van der Waals surface area contributed by atoms with Gasteiger partial charge in [-0.3, -0.25) is 4.90 Å². The molecule has 0 bridgehead atoms. The van der Waals surface area contributed by atoms with Gasteiger partial charge < -0.3 is 14.6 Å². The highest BCUT2D eigenvalue weighted by Crippen LogP contribution is 2.21. The summed E-state index contributed by atoms with van der Waals surface area (Å²) in [5, 5.41) is 9.93. The standard InChI is InChI=1S/C15H25NO3/c1-12-5-6-15(17)14(9-12)10-16(7-8-18-3)13(2)11-19-4/h5-6,9,13,17H,7-8,10-11H2,1-4H3. The second-order valence-corrected chi connectivity index (χ2v) is 4.90. The predicted molar refractivity (Wildman–Crippen MR) is 76.5 cm³/mol. The Morgan fingerprint density at radius 3 is 2.63 bits per heavy atom. The zero-order valence-corrected chi connectivity index (χ0v) is 12.3. The second-order valence-electron chi connectivity index (χ2n) is 4.90. The lowest BCUT2D eigenvalue weighted by atomic mass is 10.1. The van der Waals surface area contributed by atoms with E-state index in [1.165, 1.54) is 0 Å². The minimum atomic E-state index is 0.278. The highest BCUT2D eigenvalue weighted by molar-refractivity contribution is 5.35. The van der Waals surface area contributed by atoms with Crippen molar-refractivity contribution in [1.29, 1.82) is 0 Å². The van der Waals surface area contributed by atoms with E-state index in [0.29, 0.717) is 25.5 Å². The van der Waals surface area contributed by atoms with Crippen LogP contribution >= 0.6 is 0 Å². The van der Waals surface area contributed by atoms with Crippen LogP contribution in [0.4, 0.5) is 0 Å². The largest absolute Gasteiger partial charge is 0.508 e. The molecule has 0 aliphatic carbocycles. The smallest absolute Gasteiger partial charge is 0.120 e. The topological polar surface area (TPSA) is 41.9 Å². The summed E-state index contributed by atoms with van der Waals surface area (Å²) in [6.07, 6.45) is 0. The van der Waals surface area contributed by atoms with Gasteiger partial charge in [-0.05, 0) is 19.9 Å². The van der Waals surface area contributed by atoms with Crippen molar-refractivity contribution in [2.45, 2.75) is 26.4 Å². The number of nitrogens with zero attached hydrogens (tertiary/aromatic N) is 1. The molecule has 0 radical (unpaired) electrons. The Morgan fingerprint density at radius 2 is 2.00 bits per heavy atom. The Morgan fingerprint density at radius 1 is 1.26 bits per heavy atom. The van der Waals surface area contributed by atoms with Crippen LogP contribution in [0.2, 0.25) is 0 Å². The van der Waals surface area contributed by atoms with Crippen LogP contribution in [0.3, 0.4) is 0 Å². The molecule has 1 N–H and O–H groups in total. The van der Waals surface area contributed by atoms with Crippen molar-refractivity contribution in [3.63, 3.8) is 0 Å². The molecular weight excluding hydrogens is 242 g/mol. The van der Waals surface area contributed by atoms with E-state index in [4.69, 9.17) is 9.47 Å². The molecule has 0 aliphatic heterocycles. The predicted octanol–water partition coefficient (Wildman–Crippen LogP) is 2.18. The Labute approximate surface area is 115 Å². The molecule has 0 saturated carbocycles.